The van der Waals surface area contributed by atoms with Crippen molar-refractivity contribution in [1.29, 1.82) is 0 Å². The van der Waals surface area contributed by atoms with Crippen LogP contribution in [0.4, 0.5) is 0 Å². The van der Waals surface area contributed by atoms with E-state index in [2.05, 4.69) is 5.10 Å². The average molecular weight is 432 g/mol. The number of methoxy groups -OCH3 is 1. The molecule has 2 aliphatic heterocycles. The van der Waals surface area contributed by atoms with Crippen molar-refractivity contribution in [1.82, 2.24) is 19.2 Å². The number of benzene rings is 1. The second kappa shape index (κ2) is 8.11. The number of amides is 1. The number of aromatic nitrogens is 3. The van der Waals surface area contributed by atoms with Crippen LogP contribution < -0.4 is 15.9 Å². The highest BCUT2D eigenvalue weighted by Crippen LogP contribution is 2.35. The van der Waals surface area contributed by atoms with Gasteiger partial charge in [-0.1, -0.05) is 6.07 Å². The van der Waals surface area contributed by atoms with Crippen molar-refractivity contribution in [3.8, 4) is 17.0 Å². The van der Waals surface area contributed by atoms with Crippen LogP contribution in [-0.2, 0) is 17.9 Å². The summed E-state index contributed by atoms with van der Waals surface area (Å²) in [6.45, 7) is 1.65. The van der Waals surface area contributed by atoms with Gasteiger partial charge in [0.1, 0.15) is 12.3 Å². The molecule has 5 rings (SSSR count). The lowest BCUT2D eigenvalue weighted by Crippen LogP contribution is -2.50. The Hall–Kier alpha value is -3.68. The van der Waals surface area contributed by atoms with Crippen LogP contribution in [0.15, 0.2) is 64.2 Å². The molecular formula is C24H24N4O4. The highest BCUT2D eigenvalue weighted by Gasteiger charge is 2.36. The predicted molar refractivity (Wildman–Crippen MR) is 119 cm³/mol. The van der Waals surface area contributed by atoms with E-state index in [9.17, 15) is 14.4 Å². The van der Waals surface area contributed by atoms with E-state index in [4.69, 9.17) is 4.74 Å². The number of rotatable bonds is 4. The maximum absolute atomic E-state index is 13.1. The molecule has 0 N–H and O–H groups in total. The first-order valence-electron chi connectivity index (χ1n) is 10.7. The molecule has 0 radical (unpaired) electrons. The van der Waals surface area contributed by atoms with Gasteiger partial charge < -0.3 is 14.2 Å². The van der Waals surface area contributed by atoms with E-state index in [1.807, 2.05) is 39.8 Å². The Labute approximate surface area is 184 Å². The first kappa shape index (κ1) is 20.2. The molecule has 8 nitrogen and oxygen atoms in total. The van der Waals surface area contributed by atoms with Crippen molar-refractivity contribution in [2.75, 3.05) is 20.2 Å². The van der Waals surface area contributed by atoms with Crippen molar-refractivity contribution in [2.24, 2.45) is 5.92 Å². The minimum Gasteiger partial charge on any atom is -0.497 e. The van der Waals surface area contributed by atoms with Gasteiger partial charge in [0.15, 0.2) is 0 Å². The summed E-state index contributed by atoms with van der Waals surface area (Å²) in [6, 6.07) is 15.8. The molecule has 1 saturated heterocycles. The lowest BCUT2D eigenvalue weighted by molar-refractivity contribution is -0.134. The number of carbonyl (C=O) groups is 1. The normalized spacial score (nSPS) is 19.3. The zero-order chi connectivity index (χ0) is 22.2. The molecule has 0 saturated carbocycles. The van der Waals surface area contributed by atoms with Crippen LogP contribution in [0, 0.1) is 5.92 Å². The van der Waals surface area contributed by atoms with E-state index in [0.717, 1.165) is 23.4 Å². The van der Waals surface area contributed by atoms with E-state index in [0.29, 0.717) is 25.3 Å². The van der Waals surface area contributed by atoms with Gasteiger partial charge in [0.25, 0.3) is 11.1 Å². The number of likely N-dealkylation sites (tertiary alicyclic amines) is 1. The standard InChI is InChI=1S/C24H24N4O4/c1-32-19-7-5-17(6-8-19)20-9-10-23(30)28(25-20)15-24(31)26-12-16-11-18(14-26)21-3-2-4-22(29)27(21)13-16/h2-10,16,18H,11-15H2,1H3/t16?,18-/m0/s1. The SMILES string of the molecule is COc1ccc(-c2ccc(=O)n(CC(=O)N3CC4C[C@@H](C3)c3cccc(=O)n3C4)n2)cc1. The quantitative estimate of drug-likeness (QED) is 0.627. The number of piperidine rings is 1. The van der Waals surface area contributed by atoms with Gasteiger partial charge in [0.2, 0.25) is 5.91 Å². The van der Waals surface area contributed by atoms with Crippen LogP contribution in [0.5, 0.6) is 5.75 Å². The van der Waals surface area contributed by atoms with Crippen LogP contribution in [0.3, 0.4) is 0 Å². The first-order chi connectivity index (χ1) is 15.5. The molecule has 1 unspecified atom stereocenters. The highest BCUT2D eigenvalue weighted by atomic mass is 16.5. The third-order valence-corrected chi connectivity index (χ3v) is 6.37. The van der Waals surface area contributed by atoms with Crippen molar-refractivity contribution < 1.29 is 9.53 Å². The summed E-state index contributed by atoms with van der Waals surface area (Å²) in [7, 11) is 1.60. The maximum atomic E-state index is 13.1. The van der Waals surface area contributed by atoms with E-state index < -0.39 is 0 Å². The molecule has 2 aliphatic rings. The summed E-state index contributed by atoms with van der Waals surface area (Å²) in [5.41, 5.74) is 2.14. The van der Waals surface area contributed by atoms with Crippen molar-refractivity contribution in [3.63, 3.8) is 0 Å². The summed E-state index contributed by atoms with van der Waals surface area (Å²) >= 11 is 0. The van der Waals surface area contributed by atoms with Gasteiger partial charge in [0.05, 0.1) is 12.8 Å². The van der Waals surface area contributed by atoms with Gasteiger partial charge in [0, 0.05) is 48.9 Å². The maximum Gasteiger partial charge on any atom is 0.267 e. The summed E-state index contributed by atoms with van der Waals surface area (Å²) in [4.78, 5) is 39.5. The molecule has 2 bridgehead atoms. The number of hydrogen-bond acceptors (Lipinski definition) is 5. The molecule has 3 aromatic rings. The van der Waals surface area contributed by atoms with Crippen LogP contribution in [0.2, 0.25) is 0 Å². The molecule has 32 heavy (non-hydrogen) atoms. The van der Waals surface area contributed by atoms with Crippen LogP contribution in [-0.4, -0.2) is 45.4 Å². The molecule has 164 valence electrons. The second-order valence-electron chi connectivity index (χ2n) is 8.44. The van der Waals surface area contributed by atoms with Gasteiger partial charge in [-0.05, 0) is 48.7 Å². The number of pyridine rings is 1. The van der Waals surface area contributed by atoms with Gasteiger partial charge >= 0.3 is 0 Å². The van der Waals surface area contributed by atoms with Gasteiger partial charge in [-0.15, -0.1) is 0 Å². The molecule has 2 aromatic heterocycles. The minimum atomic E-state index is -0.315. The fourth-order valence-corrected chi connectivity index (χ4v) is 4.81. The molecule has 8 heteroatoms. The summed E-state index contributed by atoms with van der Waals surface area (Å²) < 4.78 is 8.25. The summed E-state index contributed by atoms with van der Waals surface area (Å²) in [6.07, 6.45) is 0.971. The number of fused-ring (bicyclic) bond motifs is 4. The second-order valence-corrected chi connectivity index (χ2v) is 8.44. The minimum absolute atomic E-state index is 0.0167. The van der Waals surface area contributed by atoms with E-state index in [1.165, 1.54) is 10.7 Å². The third kappa shape index (κ3) is 3.72. The Morgan fingerprint density at radius 2 is 1.81 bits per heavy atom. The Morgan fingerprint density at radius 1 is 1.00 bits per heavy atom. The van der Waals surface area contributed by atoms with Gasteiger partial charge in [-0.25, -0.2) is 4.68 Å². The van der Waals surface area contributed by atoms with Crippen molar-refractivity contribution in [2.45, 2.75) is 25.4 Å². The van der Waals surface area contributed by atoms with Gasteiger partial charge in [-0.3, -0.25) is 14.4 Å². The first-order valence-corrected chi connectivity index (χ1v) is 10.7. The van der Waals surface area contributed by atoms with Crippen LogP contribution >= 0.6 is 0 Å². The van der Waals surface area contributed by atoms with Crippen LogP contribution in [0.1, 0.15) is 18.0 Å². The smallest absolute Gasteiger partial charge is 0.267 e. The molecule has 2 atom stereocenters. The Kier molecular flexibility index (Phi) is 5.13. The molecular weight excluding hydrogens is 408 g/mol. The number of hydrogen-bond donors (Lipinski definition) is 0. The molecule has 1 fully saturated rings. The van der Waals surface area contributed by atoms with Gasteiger partial charge in [-0.2, -0.15) is 5.10 Å². The zero-order valence-electron chi connectivity index (χ0n) is 17.8. The molecule has 0 spiro atoms. The van der Waals surface area contributed by atoms with E-state index in [1.54, 1.807) is 25.3 Å². The zero-order valence-corrected chi connectivity index (χ0v) is 17.8. The number of carbonyl (C=O) groups excluding carboxylic acids is 1. The Morgan fingerprint density at radius 3 is 2.59 bits per heavy atom. The third-order valence-electron chi connectivity index (χ3n) is 6.37. The molecule has 0 aliphatic carbocycles. The summed E-state index contributed by atoms with van der Waals surface area (Å²) in [5, 5.41) is 4.42. The number of ether oxygens (including phenoxy) is 1. The predicted octanol–water partition coefficient (Wildman–Crippen LogP) is 1.73. The monoisotopic (exact) mass is 432 g/mol. The Bertz CT molecular complexity index is 1280. The molecule has 4 heterocycles. The lowest BCUT2D eigenvalue weighted by Gasteiger charge is -2.42. The van der Waals surface area contributed by atoms with Crippen molar-refractivity contribution >= 4 is 5.91 Å². The number of nitrogens with zero attached hydrogens (tertiary/aromatic N) is 4. The fraction of sp³-hybridized carbons (Fsp3) is 0.333. The Balaban J connectivity index is 1.35. The van der Waals surface area contributed by atoms with E-state index >= 15 is 0 Å². The average Bonchev–Trinajstić information content (AvgIpc) is 2.81. The molecule has 1 amide bonds. The fourth-order valence-electron chi connectivity index (χ4n) is 4.81. The largest absolute Gasteiger partial charge is 0.497 e. The lowest BCUT2D eigenvalue weighted by atomic mass is 9.83. The topological polar surface area (TPSA) is 86.4 Å². The summed E-state index contributed by atoms with van der Waals surface area (Å²) in [5.74, 6) is 0.973. The van der Waals surface area contributed by atoms with E-state index in [-0.39, 0.29) is 35.4 Å². The van der Waals surface area contributed by atoms with Crippen LogP contribution in [0.25, 0.3) is 11.3 Å². The van der Waals surface area contributed by atoms with Crippen molar-refractivity contribution in [3.05, 3.63) is 81.0 Å². The molecule has 1 aromatic carbocycles. The highest BCUT2D eigenvalue weighted by molar-refractivity contribution is 5.76.